The Labute approximate surface area is 222 Å². The third kappa shape index (κ3) is 6.12. The molecule has 8 heteroatoms. The Hall–Kier alpha value is -2.58. The molecule has 1 unspecified atom stereocenters. The fourth-order valence-electron chi connectivity index (χ4n) is 5.43. The molecule has 0 aliphatic carbocycles. The number of hydrogen-bond acceptors (Lipinski definition) is 5. The number of likely N-dealkylation sites (tertiary alicyclic amines) is 1. The van der Waals surface area contributed by atoms with Crippen LogP contribution >= 0.6 is 0 Å². The van der Waals surface area contributed by atoms with Crippen LogP contribution in [0, 0.1) is 11.8 Å². The van der Waals surface area contributed by atoms with Gasteiger partial charge in [-0.15, -0.1) is 0 Å². The van der Waals surface area contributed by atoms with Crippen molar-refractivity contribution in [2.75, 3.05) is 41.9 Å². The molecule has 2 aromatic rings. The van der Waals surface area contributed by atoms with Gasteiger partial charge in [0.1, 0.15) is 0 Å². The van der Waals surface area contributed by atoms with Gasteiger partial charge < -0.3 is 14.9 Å². The second-order valence-electron chi connectivity index (χ2n) is 10.9. The van der Waals surface area contributed by atoms with E-state index in [4.69, 9.17) is 0 Å². The zero-order valence-corrected chi connectivity index (χ0v) is 23.4. The van der Waals surface area contributed by atoms with Crippen molar-refractivity contribution in [3.05, 3.63) is 53.6 Å². The van der Waals surface area contributed by atoms with Crippen LogP contribution in [0.1, 0.15) is 64.2 Å². The van der Waals surface area contributed by atoms with Crippen LogP contribution in [0.2, 0.25) is 0 Å². The second-order valence-corrected chi connectivity index (χ2v) is 12.7. The molecule has 2 heterocycles. The highest BCUT2D eigenvalue weighted by Gasteiger charge is 2.31. The molecule has 0 saturated carbocycles. The number of carbonyl (C=O) groups excluding carboxylic acids is 1. The van der Waals surface area contributed by atoms with Gasteiger partial charge in [-0.25, -0.2) is 8.42 Å². The lowest BCUT2D eigenvalue weighted by Crippen LogP contribution is -2.42. The zero-order chi connectivity index (χ0) is 26.7. The van der Waals surface area contributed by atoms with Crippen molar-refractivity contribution in [3.8, 4) is 0 Å². The van der Waals surface area contributed by atoms with Gasteiger partial charge in [0.2, 0.25) is 5.91 Å². The molecule has 1 fully saturated rings. The zero-order valence-electron chi connectivity index (χ0n) is 22.6. The highest BCUT2D eigenvalue weighted by molar-refractivity contribution is 7.92. The summed E-state index contributed by atoms with van der Waals surface area (Å²) in [6, 6.07) is 12.9. The van der Waals surface area contributed by atoms with Crippen LogP contribution < -0.4 is 9.21 Å². The quantitative estimate of drug-likeness (QED) is 0.543. The normalized spacial score (nSPS) is 18.7. The van der Waals surface area contributed by atoms with Gasteiger partial charge in [-0.05, 0) is 73.4 Å². The Kier molecular flexibility index (Phi) is 8.49. The summed E-state index contributed by atoms with van der Waals surface area (Å²) in [5.74, 6) is 0.745. The van der Waals surface area contributed by atoms with Crippen LogP contribution in [0.4, 0.5) is 11.4 Å². The van der Waals surface area contributed by atoms with E-state index in [1.807, 2.05) is 49.1 Å². The summed E-state index contributed by atoms with van der Waals surface area (Å²) < 4.78 is 29.3. The predicted octanol–water partition coefficient (Wildman–Crippen LogP) is 4.60. The maximum absolute atomic E-state index is 13.9. The van der Waals surface area contributed by atoms with Gasteiger partial charge in [0.05, 0.1) is 16.7 Å². The average molecular weight is 528 g/mol. The average Bonchev–Trinajstić information content (AvgIpc) is 2.89. The Balaban J connectivity index is 1.59. The van der Waals surface area contributed by atoms with Crippen LogP contribution in [0.5, 0.6) is 0 Å². The predicted molar refractivity (Wildman–Crippen MR) is 148 cm³/mol. The SMILES string of the molecule is CCc1ccc(N(CC(C)C)S(=O)(=O)c2ccc3c(c2)C(O)CCN3CC2CCN(C(C)=O)CC2)cc1. The summed E-state index contributed by atoms with van der Waals surface area (Å²) in [5, 5.41) is 10.9. The number of carbonyl (C=O) groups is 1. The number of nitrogens with zero attached hydrogens (tertiary/aromatic N) is 3. The number of hydrogen-bond donors (Lipinski definition) is 1. The molecule has 2 aromatic carbocycles. The van der Waals surface area contributed by atoms with Crippen molar-refractivity contribution in [2.24, 2.45) is 11.8 Å². The highest BCUT2D eigenvalue weighted by atomic mass is 32.2. The lowest BCUT2D eigenvalue weighted by molar-refractivity contribution is -0.130. The van der Waals surface area contributed by atoms with Crippen LogP contribution in [-0.4, -0.2) is 57.1 Å². The molecule has 37 heavy (non-hydrogen) atoms. The molecule has 0 bridgehead atoms. The molecule has 2 aliphatic rings. The van der Waals surface area contributed by atoms with Gasteiger partial charge in [0.15, 0.2) is 0 Å². The third-order valence-corrected chi connectivity index (χ3v) is 9.45. The third-order valence-electron chi connectivity index (χ3n) is 7.66. The molecule has 202 valence electrons. The van der Waals surface area contributed by atoms with Crippen LogP contribution in [0.25, 0.3) is 0 Å². The van der Waals surface area contributed by atoms with Gasteiger partial charge in [0, 0.05) is 50.9 Å². The van der Waals surface area contributed by atoms with Gasteiger partial charge in [0.25, 0.3) is 10.0 Å². The minimum absolute atomic E-state index is 0.131. The van der Waals surface area contributed by atoms with E-state index < -0.39 is 16.1 Å². The first-order valence-electron chi connectivity index (χ1n) is 13.5. The lowest BCUT2D eigenvalue weighted by atomic mass is 9.93. The Bertz CT molecular complexity index is 1190. The standard InChI is InChI=1S/C29H41N3O4S/c1-5-23-6-8-25(9-7-23)32(19-21(2)3)37(35,36)26-10-11-28-27(18-26)29(34)14-17-31(28)20-24-12-15-30(16-13-24)22(4)33/h6-11,18,21,24,29,34H,5,12-17,19-20H2,1-4H3. The molecule has 0 aromatic heterocycles. The Morgan fingerprint density at radius 2 is 1.73 bits per heavy atom. The molecule has 1 N–H and O–H groups in total. The van der Waals surface area contributed by atoms with Crippen molar-refractivity contribution in [2.45, 2.75) is 64.4 Å². The van der Waals surface area contributed by atoms with E-state index in [9.17, 15) is 18.3 Å². The van der Waals surface area contributed by atoms with Gasteiger partial charge >= 0.3 is 0 Å². The molecular formula is C29H41N3O4S. The summed E-state index contributed by atoms with van der Waals surface area (Å²) in [7, 11) is -3.82. The number of fused-ring (bicyclic) bond motifs is 1. The van der Waals surface area contributed by atoms with E-state index in [0.717, 1.165) is 56.7 Å². The number of rotatable bonds is 8. The molecular weight excluding hydrogens is 486 g/mol. The fourth-order valence-corrected chi connectivity index (χ4v) is 7.10. The summed E-state index contributed by atoms with van der Waals surface area (Å²) >= 11 is 0. The van der Waals surface area contributed by atoms with Gasteiger partial charge in [-0.2, -0.15) is 0 Å². The van der Waals surface area contributed by atoms with Crippen molar-refractivity contribution in [1.82, 2.24) is 4.90 Å². The van der Waals surface area contributed by atoms with Crippen molar-refractivity contribution >= 4 is 27.3 Å². The number of aryl methyl sites for hydroxylation is 1. The van der Waals surface area contributed by atoms with E-state index >= 15 is 0 Å². The molecule has 1 atom stereocenters. The minimum Gasteiger partial charge on any atom is -0.388 e. The number of aliphatic hydroxyl groups is 1. The first kappa shape index (κ1) is 27.5. The molecule has 1 amide bonds. The Morgan fingerprint density at radius 3 is 2.32 bits per heavy atom. The lowest BCUT2D eigenvalue weighted by Gasteiger charge is -2.39. The second kappa shape index (κ2) is 11.4. The fraction of sp³-hybridized carbons (Fsp3) is 0.552. The number of piperidine rings is 1. The Morgan fingerprint density at radius 1 is 1.05 bits per heavy atom. The molecule has 0 spiro atoms. The van der Waals surface area contributed by atoms with Crippen LogP contribution in [0.3, 0.4) is 0 Å². The summed E-state index contributed by atoms with van der Waals surface area (Å²) in [6.07, 6.45) is 2.69. The summed E-state index contributed by atoms with van der Waals surface area (Å²) in [6.45, 7) is 11.2. The maximum atomic E-state index is 13.9. The smallest absolute Gasteiger partial charge is 0.264 e. The van der Waals surface area contributed by atoms with E-state index in [1.54, 1.807) is 19.1 Å². The number of benzene rings is 2. The van der Waals surface area contributed by atoms with Crippen molar-refractivity contribution < 1.29 is 18.3 Å². The van der Waals surface area contributed by atoms with Crippen LogP contribution in [-0.2, 0) is 21.2 Å². The molecule has 1 saturated heterocycles. The largest absolute Gasteiger partial charge is 0.388 e. The molecule has 0 radical (unpaired) electrons. The molecule has 7 nitrogen and oxygen atoms in total. The number of anilines is 2. The molecule has 2 aliphatic heterocycles. The maximum Gasteiger partial charge on any atom is 0.264 e. The van der Waals surface area contributed by atoms with Crippen molar-refractivity contribution in [1.29, 1.82) is 0 Å². The first-order valence-corrected chi connectivity index (χ1v) is 15.0. The van der Waals surface area contributed by atoms with E-state index in [-0.39, 0.29) is 16.7 Å². The summed E-state index contributed by atoms with van der Waals surface area (Å²) in [4.78, 5) is 16.1. The van der Waals surface area contributed by atoms with Crippen molar-refractivity contribution in [3.63, 3.8) is 0 Å². The van der Waals surface area contributed by atoms with E-state index in [1.165, 1.54) is 4.31 Å². The van der Waals surface area contributed by atoms with E-state index in [0.29, 0.717) is 30.1 Å². The topological polar surface area (TPSA) is 81.2 Å². The minimum atomic E-state index is -3.82. The molecule has 4 rings (SSSR count). The monoisotopic (exact) mass is 527 g/mol. The van der Waals surface area contributed by atoms with Crippen LogP contribution in [0.15, 0.2) is 47.4 Å². The van der Waals surface area contributed by atoms with E-state index in [2.05, 4.69) is 11.8 Å². The number of amides is 1. The number of aliphatic hydroxyl groups excluding tert-OH is 1. The van der Waals surface area contributed by atoms with Gasteiger partial charge in [-0.3, -0.25) is 9.10 Å². The number of sulfonamides is 1. The summed E-state index contributed by atoms with van der Waals surface area (Å²) in [5.41, 5.74) is 3.41. The van der Waals surface area contributed by atoms with Gasteiger partial charge in [-0.1, -0.05) is 32.9 Å². The highest BCUT2D eigenvalue weighted by Crippen LogP contribution is 2.37. The first-order chi connectivity index (χ1) is 17.6.